The van der Waals surface area contributed by atoms with Crippen LogP contribution in [0.15, 0.2) is 5.16 Å². The topological polar surface area (TPSA) is 126 Å². The van der Waals surface area contributed by atoms with Gasteiger partial charge in [-0.25, -0.2) is 4.79 Å². The molecule has 9 heteroatoms. The minimum Gasteiger partial charge on any atom is -0.453 e. The van der Waals surface area contributed by atoms with E-state index in [-0.39, 0.29) is 0 Å². The van der Waals surface area contributed by atoms with E-state index in [1.54, 1.807) is 0 Å². The zero-order chi connectivity index (χ0) is 13.7. The summed E-state index contributed by atoms with van der Waals surface area (Å²) < 4.78 is 31.2. The third-order valence-electron chi connectivity index (χ3n) is 1.55. The highest BCUT2D eigenvalue weighted by Crippen LogP contribution is 2.14. The van der Waals surface area contributed by atoms with E-state index in [0.29, 0.717) is 0 Å². The fourth-order valence-electron chi connectivity index (χ4n) is 0.922. The summed E-state index contributed by atoms with van der Waals surface area (Å²) in [6.45, 7) is 2.63. The normalized spacial score (nSPS) is 12.9. The Balaban J connectivity index is 4.80. The first-order valence-electron chi connectivity index (χ1n) is 4.31. The molecule has 0 saturated carbocycles. The summed E-state index contributed by atoms with van der Waals surface area (Å²) >= 11 is 0. The lowest BCUT2D eigenvalue weighted by molar-refractivity contribution is -0.145. The number of carbonyl (C=O) groups is 1. The molecule has 96 valence electrons. The molecule has 0 aliphatic rings. The van der Waals surface area contributed by atoms with E-state index in [1.807, 2.05) is 0 Å². The molecule has 0 aromatic rings. The lowest BCUT2D eigenvalue weighted by Gasteiger charge is -2.23. The van der Waals surface area contributed by atoms with Crippen molar-refractivity contribution >= 4 is 21.8 Å². The van der Waals surface area contributed by atoms with E-state index in [2.05, 4.69) is 9.34 Å². The van der Waals surface area contributed by atoms with E-state index in [0.717, 1.165) is 7.11 Å². The van der Waals surface area contributed by atoms with Gasteiger partial charge in [-0.1, -0.05) is 5.16 Å². The molecule has 0 saturated heterocycles. The van der Waals surface area contributed by atoms with Crippen LogP contribution in [0.2, 0.25) is 0 Å². The van der Waals surface area contributed by atoms with Gasteiger partial charge in [0.15, 0.2) is 0 Å². The molecule has 0 heterocycles. The van der Waals surface area contributed by atoms with Crippen molar-refractivity contribution < 1.29 is 27.3 Å². The Morgan fingerprint density at radius 1 is 1.53 bits per heavy atom. The van der Waals surface area contributed by atoms with E-state index < -0.39 is 33.2 Å². The predicted octanol–water partition coefficient (Wildman–Crippen LogP) is -0.362. The molecule has 0 atom stereocenters. The molecule has 0 aromatic heterocycles. The van der Waals surface area contributed by atoms with E-state index in [4.69, 9.17) is 15.2 Å². The van der Waals surface area contributed by atoms with Crippen LogP contribution >= 0.6 is 0 Å². The highest BCUT2D eigenvalue weighted by Gasteiger charge is 2.31. The quantitative estimate of drug-likeness (QED) is 0.236. The van der Waals surface area contributed by atoms with Crippen LogP contribution < -0.4 is 0 Å². The van der Waals surface area contributed by atoms with Crippen molar-refractivity contribution in [1.29, 1.82) is 5.26 Å². The Hall–Kier alpha value is -1.66. The molecular weight excluding hydrogens is 252 g/mol. The zero-order valence-corrected chi connectivity index (χ0v) is 10.3. The van der Waals surface area contributed by atoms with E-state index >= 15 is 0 Å². The summed E-state index contributed by atoms with van der Waals surface area (Å²) in [5, 5.41) is 19.1. The third kappa shape index (κ3) is 5.28. The van der Waals surface area contributed by atoms with Crippen LogP contribution in [0, 0.1) is 11.3 Å². The second kappa shape index (κ2) is 5.60. The molecule has 0 aromatic carbocycles. The third-order valence-corrected chi connectivity index (χ3v) is 3.10. The molecule has 0 unspecified atom stereocenters. The maximum atomic E-state index is 11.2. The fraction of sp³-hybridized carbons (Fsp3) is 0.625. The first-order chi connectivity index (χ1) is 7.67. The molecule has 0 fully saturated rings. The second-order valence-electron chi connectivity index (χ2n) is 3.58. The summed E-state index contributed by atoms with van der Waals surface area (Å²) in [6, 6.07) is 1.30. The number of nitriles is 1. The molecule has 8 nitrogen and oxygen atoms in total. The Labute approximate surface area is 98.6 Å². The molecule has 0 spiro atoms. The highest BCUT2D eigenvalue weighted by molar-refractivity contribution is 7.86. The van der Waals surface area contributed by atoms with Crippen LogP contribution in [-0.2, 0) is 23.8 Å². The van der Waals surface area contributed by atoms with Crippen LogP contribution in [0.25, 0.3) is 0 Å². The van der Waals surface area contributed by atoms with Crippen molar-refractivity contribution in [2.75, 3.05) is 12.9 Å². The monoisotopic (exact) mass is 264 g/mol. The maximum Gasteiger partial charge on any atom is 0.372 e. The first kappa shape index (κ1) is 15.3. The molecule has 0 aliphatic carbocycles. The molecule has 17 heavy (non-hydrogen) atoms. The Bertz CT molecular complexity index is 459. The van der Waals surface area contributed by atoms with Crippen molar-refractivity contribution in [1.82, 2.24) is 0 Å². The summed E-state index contributed by atoms with van der Waals surface area (Å²) in [5.41, 5.74) is -2.29. The number of nitrogens with zero attached hydrogens (tertiary/aromatic N) is 2. The first-order valence-corrected chi connectivity index (χ1v) is 5.89. The van der Waals surface area contributed by atoms with E-state index in [1.165, 1.54) is 19.9 Å². The minimum atomic E-state index is -3.82. The van der Waals surface area contributed by atoms with Crippen molar-refractivity contribution in [3.63, 3.8) is 0 Å². The van der Waals surface area contributed by atoms with Gasteiger partial charge in [-0.15, -0.1) is 0 Å². The Kier molecular flexibility index (Phi) is 5.06. The Morgan fingerprint density at radius 3 is 2.41 bits per heavy atom. The average molecular weight is 264 g/mol. The maximum absolute atomic E-state index is 11.2. The SMILES string of the molecule is COS(=O)(=O)CC(C)(C)OC(=O)/C(C#N)=N\O. The van der Waals surface area contributed by atoms with Gasteiger partial charge in [-0.3, -0.25) is 4.18 Å². The summed E-state index contributed by atoms with van der Waals surface area (Å²) in [4.78, 5) is 11.2. The smallest absolute Gasteiger partial charge is 0.372 e. The summed E-state index contributed by atoms with van der Waals surface area (Å²) in [5.74, 6) is -1.81. The molecule has 0 amide bonds. The number of rotatable bonds is 5. The number of esters is 1. The van der Waals surface area contributed by atoms with Gasteiger partial charge in [0.25, 0.3) is 15.8 Å². The zero-order valence-electron chi connectivity index (χ0n) is 9.50. The van der Waals surface area contributed by atoms with Gasteiger partial charge in [0.05, 0.1) is 7.11 Å². The number of hydrogen-bond donors (Lipinski definition) is 1. The number of carbonyl (C=O) groups excluding carboxylic acids is 1. The number of oxime groups is 1. The molecular formula is C8H12N2O6S. The van der Waals surface area contributed by atoms with Crippen LogP contribution in [0.3, 0.4) is 0 Å². The Morgan fingerprint density at radius 2 is 2.06 bits per heavy atom. The molecule has 0 bridgehead atoms. The summed E-state index contributed by atoms with van der Waals surface area (Å²) in [7, 11) is -2.85. The number of ether oxygens (including phenoxy) is 1. The molecule has 0 aliphatic heterocycles. The average Bonchev–Trinajstić information content (AvgIpc) is 2.17. The van der Waals surface area contributed by atoms with Crippen LogP contribution in [-0.4, -0.2) is 43.8 Å². The largest absolute Gasteiger partial charge is 0.453 e. The predicted molar refractivity (Wildman–Crippen MR) is 55.8 cm³/mol. The highest BCUT2D eigenvalue weighted by atomic mass is 32.2. The van der Waals surface area contributed by atoms with Crippen LogP contribution in [0.4, 0.5) is 0 Å². The van der Waals surface area contributed by atoms with Crippen LogP contribution in [0.1, 0.15) is 13.8 Å². The van der Waals surface area contributed by atoms with Gasteiger partial charge in [-0.2, -0.15) is 13.7 Å². The lowest BCUT2D eigenvalue weighted by atomic mass is 10.2. The van der Waals surface area contributed by atoms with Crippen molar-refractivity contribution in [3.05, 3.63) is 0 Å². The van der Waals surface area contributed by atoms with E-state index in [9.17, 15) is 13.2 Å². The van der Waals surface area contributed by atoms with Crippen molar-refractivity contribution in [2.24, 2.45) is 5.16 Å². The van der Waals surface area contributed by atoms with Crippen LogP contribution in [0.5, 0.6) is 0 Å². The molecule has 0 radical (unpaired) electrons. The van der Waals surface area contributed by atoms with Gasteiger partial charge in [-0.05, 0) is 13.8 Å². The minimum absolute atomic E-state index is 0.591. The van der Waals surface area contributed by atoms with Crippen molar-refractivity contribution in [2.45, 2.75) is 19.4 Å². The van der Waals surface area contributed by atoms with Gasteiger partial charge >= 0.3 is 5.97 Å². The van der Waals surface area contributed by atoms with Crippen molar-refractivity contribution in [3.8, 4) is 6.07 Å². The lowest BCUT2D eigenvalue weighted by Crippen LogP contribution is -2.38. The second-order valence-corrected chi connectivity index (χ2v) is 5.32. The van der Waals surface area contributed by atoms with Gasteiger partial charge in [0.2, 0.25) is 0 Å². The molecule has 0 rings (SSSR count). The van der Waals surface area contributed by atoms with Gasteiger partial charge in [0.1, 0.15) is 17.4 Å². The fourth-order valence-corrected chi connectivity index (χ4v) is 1.95. The number of hydrogen-bond acceptors (Lipinski definition) is 8. The standard InChI is InChI=1S/C8H12N2O6S/c1-8(2,5-17(13,14)15-3)16-7(11)6(4-9)10-12/h12H,5H2,1-3H3/b10-6-. The van der Waals surface area contributed by atoms with Gasteiger partial charge in [0, 0.05) is 0 Å². The van der Waals surface area contributed by atoms with Gasteiger partial charge < -0.3 is 9.94 Å². The summed E-state index contributed by atoms with van der Waals surface area (Å²) in [6.07, 6.45) is 0. The molecule has 1 N–H and O–H groups in total.